The molecule has 0 unspecified atom stereocenters. The molecule has 0 amide bonds. The zero-order valence-corrected chi connectivity index (χ0v) is 12.7. The summed E-state index contributed by atoms with van der Waals surface area (Å²) in [4.78, 5) is 4.97. The van der Waals surface area contributed by atoms with E-state index in [9.17, 15) is 0 Å². The third-order valence-corrected chi connectivity index (χ3v) is 3.83. The van der Waals surface area contributed by atoms with Crippen LogP contribution >= 0.6 is 11.6 Å². The molecule has 1 aliphatic heterocycles. The second kappa shape index (κ2) is 6.60. The highest BCUT2D eigenvalue weighted by molar-refractivity contribution is 6.30. The molecule has 0 bridgehead atoms. The summed E-state index contributed by atoms with van der Waals surface area (Å²) in [6, 6.07) is 6.04. The lowest BCUT2D eigenvalue weighted by Gasteiger charge is -2.37. The average molecular weight is 282 g/mol. The Morgan fingerprint density at radius 3 is 2.47 bits per heavy atom. The number of nitrogens with zero attached hydrogens (tertiary/aromatic N) is 2. The van der Waals surface area contributed by atoms with Gasteiger partial charge >= 0.3 is 0 Å². The van der Waals surface area contributed by atoms with Crippen molar-refractivity contribution in [2.45, 2.75) is 20.4 Å². The number of rotatable bonds is 4. The Hall–Kier alpha value is -0.770. The summed E-state index contributed by atoms with van der Waals surface area (Å²) >= 11 is 6.03. The first-order valence-electron chi connectivity index (χ1n) is 7.06. The molecular formula is C15H24ClN3. The molecule has 1 fully saturated rings. The molecule has 19 heavy (non-hydrogen) atoms. The smallest absolute Gasteiger partial charge is 0.0413 e. The van der Waals surface area contributed by atoms with E-state index in [1.54, 1.807) is 0 Å². The second-order valence-corrected chi connectivity index (χ2v) is 6.10. The van der Waals surface area contributed by atoms with Gasteiger partial charge in [-0.25, -0.2) is 0 Å². The highest BCUT2D eigenvalue weighted by Gasteiger charge is 2.19. The quantitative estimate of drug-likeness (QED) is 0.921. The predicted molar refractivity (Wildman–Crippen MR) is 82.8 cm³/mol. The third kappa shape index (κ3) is 3.85. The van der Waals surface area contributed by atoms with Crippen molar-refractivity contribution in [3.8, 4) is 0 Å². The minimum Gasteiger partial charge on any atom is -0.369 e. The van der Waals surface area contributed by atoms with E-state index in [1.807, 2.05) is 12.1 Å². The standard InChI is InChI=1S/C15H24ClN3/c1-12(2)11-18-5-7-19(8-6-18)15-4-3-14(16)9-13(15)10-17/h3-4,9,12H,5-8,10-11,17H2,1-2H3. The van der Waals surface area contributed by atoms with Crippen LogP contribution in [0.5, 0.6) is 0 Å². The van der Waals surface area contributed by atoms with Crippen molar-refractivity contribution in [2.75, 3.05) is 37.6 Å². The summed E-state index contributed by atoms with van der Waals surface area (Å²) in [5, 5.41) is 0.766. The van der Waals surface area contributed by atoms with Gasteiger partial charge in [0.1, 0.15) is 0 Å². The van der Waals surface area contributed by atoms with E-state index < -0.39 is 0 Å². The number of halogens is 1. The van der Waals surface area contributed by atoms with E-state index in [2.05, 4.69) is 29.7 Å². The number of hydrogen-bond donors (Lipinski definition) is 1. The fourth-order valence-electron chi connectivity index (χ4n) is 2.71. The van der Waals surface area contributed by atoms with Crippen LogP contribution in [0, 0.1) is 5.92 Å². The lowest BCUT2D eigenvalue weighted by Crippen LogP contribution is -2.47. The van der Waals surface area contributed by atoms with Crippen LogP contribution in [0.3, 0.4) is 0 Å². The van der Waals surface area contributed by atoms with Gasteiger partial charge in [-0.05, 0) is 29.7 Å². The Kier molecular flexibility index (Phi) is 5.08. The average Bonchev–Trinajstić information content (AvgIpc) is 2.39. The molecule has 0 atom stereocenters. The van der Waals surface area contributed by atoms with E-state index >= 15 is 0 Å². The zero-order chi connectivity index (χ0) is 13.8. The van der Waals surface area contributed by atoms with Gasteiger partial charge in [-0.3, -0.25) is 4.90 Å². The Morgan fingerprint density at radius 2 is 1.89 bits per heavy atom. The van der Waals surface area contributed by atoms with Gasteiger partial charge in [0.15, 0.2) is 0 Å². The van der Waals surface area contributed by atoms with Crippen molar-refractivity contribution in [1.82, 2.24) is 4.90 Å². The SMILES string of the molecule is CC(C)CN1CCN(c2ccc(Cl)cc2CN)CC1. The van der Waals surface area contributed by atoms with Gasteiger partial charge < -0.3 is 10.6 Å². The largest absolute Gasteiger partial charge is 0.369 e. The fraction of sp³-hybridized carbons (Fsp3) is 0.600. The maximum absolute atomic E-state index is 6.03. The molecule has 1 heterocycles. The molecule has 0 spiro atoms. The molecule has 0 aliphatic carbocycles. The molecule has 2 N–H and O–H groups in total. The molecule has 4 heteroatoms. The van der Waals surface area contributed by atoms with Crippen molar-refractivity contribution in [3.63, 3.8) is 0 Å². The summed E-state index contributed by atoms with van der Waals surface area (Å²) in [7, 11) is 0. The first-order chi connectivity index (χ1) is 9.10. The minimum absolute atomic E-state index is 0.544. The number of hydrogen-bond acceptors (Lipinski definition) is 3. The summed E-state index contributed by atoms with van der Waals surface area (Å²) in [6.07, 6.45) is 0. The first kappa shape index (κ1) is 14.6. The van der Waals surface area contributed by atoms with Crippen LogP contribution in [0.4, 0.5) is 5.69 Å². The topological polar surface area (TPSA) is 32.5 Å². The molecule has 2 rings (SSSR count). The van der Waals surface area contributed by atoms with E-state index in [0.29, 0.717) is 6.54 Å². The Bertz CT molecular complexity index is 412. The third-order valence-electron chi connectivity index (χ3n) is 3.60. The van der Waals surface area contributed by atoms with Crippen molar-refractivity contribution < 1.29 is 0 Å². The van der Waals surface area contributed by atoms with Gasteiger partial charge in [0.05, 0.1) is 0 Å². The Morgan fingerprint density at radius 1 is 1.21 bits per heavy atom. The Labute approximate surface area is 121 Å². The number of piperazine rings is 1. The van der Waals surface area contributed by atoms with Gasteiger partial charge in [-0.15, -0.1) is 0 Å². The number of anilines is 1. The lowest BCUT2D eigenvalue weighted by atomic mass is 10.1. The van der Waals surface area contributed by atoms with Crippen molar-refractivity contribution in [2.24, 2.45) is 11.7 Å². The molecule has 0 aromatic heterocycles. The van der Waals surface area contributed by atoms with Crippen LogP contribution in [0.15, 0.2) is 18.2 Å². The fourth-order valence-corrected chi connectivity index (χ4v) is 2.91. The molecule has 1 aromatic rings. The minimum atomic E-state index is 0.544. The van der Waals surface area contributed by atoms with Crippen LogP contribution in [-0.2, 0) is 6.54 Å². The van der Waals surface area contributed by atoms with Gasteiger partial charge in [0, 0.05) is 50.0 Å². The number of benzene rings is 1. The highest BCUT2D eigenvalue weighted by atomic mass is 35.5. The first-order valence-corrected chi connectivity index (χ1v) is 7.43. The van der Waals surface area contributed by atoms with Gasteiger partial charge in [-0.1, -0.05) is 25.4 Å². The lowest BCUT2D eigenvalue weighted by molar-refractivity contribution is 0.231. The molecule has 0 radical (unpaired) electrons. The van der Waals surface area contributed by atoms with Crippen molar-refractivity contribution >= 4 is 17.3 Å². The maximum atomic E-state index is 6.03. The van der Waals surface area contributed by atoms with Gasteiger partial charge in [0.2, 0.25) is 0 Å². The van der Waals surface area contributed by atoms with E-state index in [1.165, 1.54) is 12.2 Å². The van der Waals surface area contributed by atoms with Crippen molar-refractivity contribution in [1.29, 1.82) is 0 Å². The van der Waals surface area contributed by atoms with Gasteiger partial charge in [0.25, 0.3) is 0 Å². The summed E-state index contributed by atoms with van der Waals surface area (Å²) in [6.45, 7) is 10.7. The molecule has 3 nitrogen and oxygen atoms in total. The predicted octanol–water partition coefficient (Wildman–Crippen LogP) is 2.58. The van der Waals surface area contributed by atoms with Crippen LogP contribution in [0.1, 0.15) is 19.4 Å². The Balaban J connectivity index is 2.01. The molecule has 1 saturated heterocycles. The van der Waals surface area contributed by atoms with Crippen LogP contribution in [-0.4, -0.2) is 37.6 Å². The van der Waals surface area contributed by atoms with E-state index in [-0.39, 0.29) is 0 Å². The summed E-state index contributed by atoms with van der Waals surface area (Å²) in [5.41, 5.74) is 8.21. The van der Waals surface area contributed by atoms with E-state index in [4.69, 9.17) is 17.3 Å². The highest BCUT2D eigenvalue weighted by Crippen LogP contribution is 2.25. The molecule has 106 valence electrons. The summed E-state index contributed by atoms with van der Waals surface area (Å²) < 4.78 is 0. The second-order valence-electron chi connectivity index (χ2n) is 5.66. The van der Waals surface area contributed by atoms with Crippen LogP contribution < -0.4 is 10.6 Å². The van der Waals surface area contributed by atoms with Crippen LogP contribution in [0.2, 0.25) is 5.02 Å². The van der Waals surface area contributed by atoms with Gasteiger partial charge in [-0.2, -0.15) is 0 Å². The normalized spacial score (nSPS) is 17.2. The zero-order valence-electron chi connectivity index (χ0n) is 11.9. The van der Waals surface area contributed by atoms with E-state index in [0.717, 1.165) is 42.7 Å². The molecular weight excluding hydrogens is 258 g/mol. The maximum Gasteiger partial charge on any atom is 0.0413 e. The molecule has 0 saturated carbocycles. The molecule has 1 aliphatic rings. The van der Waals surface area contributed by atoms with Crippen LogP contribution in [0.25, 0.3) is 0 Å². The molecule has 1 aromatic carbocycles. The van der Waals surface area contributed by atoms with Crippen molar-refractivity contribution in [3.05, 3.63) is 28.8 Å². The summed E-state index contributed by atoms with van der Waals surface area (Å²) in [5.74, 6) is 0.738. The number of nitrogens with two attached hydrogens (primary N) is 1. The monoisotopic (exact) mass is 281 g/mol.